The van der Waals surface area contributed by atoms with Gasteiger partial charge in [-0.3, -0.25) is 0 Å². The van der Waals surface area contributed by atoms with Crippen LogP contribution in [0.3, 0.4) is 0 Å². The van der Waals surface area contributed by atoms with E-state index >= 15 is 0 Å². The summed E-state index contributed by atoms with van der Waals surface area (Å²) in [6.45, 7) is 6.26. The first kappa shape index (κ1) is 22.2. The van der Waals surface area contributed by atoms with Crippen LogP contribution in [0.15, 0.2) is 65.3 Å². The highest BCUT2D eigenvalue weighted by molar-refractivity contribution is 6.01. The van der Waals surface area contributed by atoms with E-state index in [1.807, 2.05) is 69.3 Å². The molecule has 0 amide bonds. The number of aliphatic carboxylic acids is 1. The molecule has 2 aromatic carbocycles. The molecule has 0 radical (unpaired) electrons. The second kappa shape index (κ2) is 8.61. The summed E-state index contributed by atoms with van der Waals surface area (Å²) < 4.78 is 17.6. The Hall–Kier alpha value is -3.64. The Balaban J connectivity index is 1.84. The lowest BCUT2D eigenvalue weighted by Crippen LogP contribution is -2.28. The molecule has 0 saturated heterocycles. The minimum atomic E-state index is -1.20. The van der Waals surface area contributed by atoms with Crippen molar-refractivity contribution in [3.63, 3.8) is 0 Å². The van der Waals surface area contributed by atoms with Crippen LogP contribution in [0.25, 0.3) is 33.5 Å². The smallest absolute Gasteiger partial charge is 0.337 e. The van der Waals surface area contributed by atoms with E-state index in [-0.39, 0.29) is 0 Å². The van der Waals surface area contributed by atoms with Crippen LogP contribution in [-0.2, 0) is 16.0 Å². The monoisotopic (exact) mass is 457 g/mol. The summed E-state index contributed by atoms with van der Waals surface area (Å²) in [7, 11) is 0. The van der Waals surface area contributed by atoms with E-state index in [0.29, 0.717) is 29.3 Å². The van der Waals surface area contributed by atoms with Gasteiger partial charge in [0.1, 0.15) is 11.4 Å². The Labute approximate surface area is 198 Å². The van der Waals surface area contributed by atoms with Crippen molar-refractivity contribution in [2.45, 2.75) is 45.3 Å². The number of fused-ring (bicyclic) bond motifs is 2. The van der Waals surface area contributed by atoms with Gasteiger partial charge in [0.05, 0.1) is 24.2 Å². The summed E-state index contributed by atoms with van der Waals surface area (Å²) in [6, 6.07) is 17.3. The highest BCUT2D eigenvalue weighted by Gasteiger charge is 2.33. The lowest BCUT2D eigenvalue weighted by molar-refractivity contribution is -0.160. The fourth-order valence-corrected chi connectivity index (χ4v) is 4.46. The van der Waals surface area contributed by atoms with Crippen molar-refractivity contribution < 1.29 is 23.8 Å². The van der Waals surface area contributed by atoms with E-state index in [0.717, 1.165) is 40.5 Å². The molecule has 6 nitrogen and oxygen atoms in total. The molecule has 34 heavy (non-hydrogen) atoms. The summed E-state index contributed by atoms with van der Waals surface area (Å²) in [6.07, 6.45) is 2.25. The molecular weight excluding hydrogens is 430 g/mol. The molecule has 0 aliphatic carbocycles. The number of hydrogen-bond acceptors (Lipinski definition) is 5. The summed E-state index contributed by atoms with van der Waals surface area (Å²) >= 11 is 0. The molecule has 1 unspecified atom stereocenters. The largest absolute Gasteiger partial charge is 0.493 e. The first-order chi connectivity index (χ1) is 16.3. The van der Waals surface area contributed by atoms with Gasteiger partial charge in [-0.25, -0.2) is 9.78 Å². The zero-order valence-corrected chi connectivity index (χ0v) is 19.5. The first-order valence-corrected chi connectivity index (χ1v) is 11.4. The minimum absolute atomic E-state index is 0.532. The third kappa shape index (κ3) is 4.17. The van der Waals surface area contributed by atoms with Crippen LogP contribution in [0.2, 0.25) is 0 Å². The average Bonchev–Trinajstić information content (AvgIpc) is 3.35. The van der Waals surface area contributed by atoms with Gasteiger partial charge in [-0.2, -0.15) is 0 Å². The van der Waals surface area contributed by atoms with Gasteiger partial charge >= 0.3 is 5.97 Å². The topological polar surface area (TPSA) is 81.8 Å². The molecule has 5 rings (SSSR count). The van der Waals surface area contributed by atoms with Crippen molar-refractivity contribution in [1.82, 2.24) is 4.98 Å². The molecule has 0 saturated carbocycles. The van der Waals surface area contributed by atoms with Crippen LogP contribution in [0.5, 0.6) is 5.75 Å². The van der Waals surface area contributed by atoms with Gasteiger partial charge in [0, 0.05) is 16.5 Å². The molecule has 6 heteroatoms. The fourth-order valence-electron chi connectivity index (χ4n) is 4.46. The lowest BCUT2D eigenvalue weighted by atomic mass is 9.92. The second-order valence-corrected chi connectivity index (χ2v) is 9.47. The molecule has 4 aromatic rings. The first-order valence-electron chi connectivity index (χ1n) is 11.4. The molecule has 0 fully saturated rings. The van der Waals surface area contributed by atoms with Gasteiger partial charge < -0.3 is 19.0 Å². The summed E-state index contributed by atoms with van der Waals surface area (Å²) in [5, 5.41) is 11.8. The van der Waals surface area contributed by atoms with E-state index in [9.17, 15) is 9.90 Å². The van der Waals surface area contributed by atoms with E-state index in [1.165, 1.54) is 0 Å². The minimum Gasteiger partial charge on any atom is -0.493 e. The molecule has 0 bridgehead atoms. The number of hydrogen-bond donors (Lipinski definition) is 1. The fraction of sp³-hybridized carbons (Fsp3) is 0.286. The Morgan fingerprint density at radius 1 is 1.06 bits per heavy atom. The molecule has 1 N–H and O–H groups in total. The van der Waals surface area contributed by atoms with Gasteiger partial charge in [-0.05, 0) is 74.9 Å². The summed E-state index contributed by atoms with van der Waals surface area (Å²) in [5.74, 6) is 0.424. The second-order valence-electron chi connectivity index (χ2n) is 9.47. The third-order valence-electron chi connectivity index (χ3n) is 5.85. The Morgan fingerprint density at radius 3 is 2.56 bits per heavy atom. The van der Waals surface area contributed by atoms with Crippen LogP contribution in [0.1, 0.15) is 44.4 Å². The zero-order chi connectivity index (χ0) is 23.9. The van der Waals surface area contributed by atoms with Crippen molar-refractivity contribution in [2.75, 3.05) is 6.61 Å². The number of carbonyl (C=O) groups is 1. The van der Waals surface area contributed by atoms with E-state index in [4.69, 9.17) is 18.9 Å². The maximum Gasteiger partial charge on any atom is 0.337 e. The molecule has 3 heterocycles. The predicted molar refractivity (Wildman–Crippen MR) is 130 cm³/mol. The summed E-state index contributed by atoms with van der Waals surface area (Å²) in [5.41, 5.74) is 2.99. The van der Waals surface area contributed by atoms with Gasteiger partial charge in [-0.1, -0.05) is 24.3 Å². The van der Waals surface area contributed by atoms with Gasteiger partial charge in [0.25, 0.3) is 0 Å². The summed E-state index contributed by atoms with van der Waals surface area (Å²) in [4.78, 5) is 17.6. The lowest BCUT2D eigenvalue weighted by Gasteiger charge is -2.28. The Kier molecular flexibility index (Phi) is 5.62. The number of aryl methyl sites for hydroxylation is 1. The number of ether oxygens (including phenoxy) is 2. The molecule has 0 spiro atoms. The van der Waals surface area contributed by atoms with Crippen LogP contribution < -0.4 is 4.74 Å². The third-order valence-corrected chi connectivity index (χ3v) is 5.85. The number of carboxylic acids is 1. The van der Waals surface area contributed by atoms with Crippen molar-refractivity contribution in [1.29, 1.82) is 0 Å². The van der Waals surface area contributed by atoms with Crippen molar-refractivity contribution in [3.05, 3.63) is 72.0 Å². The highest BCUT2D eigenvalue weighted by Crippen LogP contribution is 2.41. The number of aromatic nitrogens is 1. The number of benzene rings is 2. The Bertz CT molecular complexity index is 1350. The van der Waals surface area contributed by atoms with Crippen LogP contribution >= 0.6 is 0 Å². The number of nitrogens with zero attached hydrogens (tertiary/aromatic N) is 1. The van der Waals surface area contributed by atoms with Crippen LogP contribution in [0.4, 0.5) is 0 Å². The number of rotatable bonds is 5. The molecular formula is C28H27NO5. The maximum absolute atomic E-state index is 12.6. The normalized spacial score (nSPS) is 14.4. The number of furan rings is 1. The number of carboxylic acid groups (broad SMARTS) is 1. The Morgan fingerprint density at radius 2 is 1.85 bits per heavy atom. The quantitative estimate of drug-likeness (QED) is 0.372. The van der Waals surface area contributed by atoms with Crippen molar-refractivity contribution >= 4 is 16.7 Å². The molecule has 174 valence electrons. The van der Waals surface area contributed by atoms with Crippen molar-refractivity contribution in [3.8, 4) is 28.5 Å². The predicted octanol–water partition coefficient (Wildman–Crippen LogP) is 6.43. The molecule has 2 aromatic heterocycles. The average molecular weight is 458 g/mol. The molecule has 1 aliphatic rings. The van der Waals surface area contributed by atoms with E-state index in [2.05, 4.69) is 6.07 Å². The van der Waals surface area contributed by atoms with Crippen molar-refractivity contribution in [2.24, 2.45) is 0 Å². The zero-order valence-electron chi connectivity index (χ0n) is 19.5. The van der Waals surface area contributed by atoms with Crippen LogP contribution in [-0.4, -0.2) is 28.3 Å². The van der Waals surface area contributed by atoms with E-state index < -0.39 is 17.7 Å². The number of pyridine rings is 1. The molecule has 1 aliphatic heterocycles. The van der Waals surface area contributed by atoms with E-state index in [1.54, 1.807) is 6.26 Å². The van der Waals surface area contributed by atoms with Crippen LogP contribution in [0, 0.1) is 0 Å². The molecule has 1 atom stereocenters. The van der Waals surface area contributed by atoms with Gasteiger partial charge in [0.2, 0.25) is 0 Å². The SMILES string of the molecule is CC(C)(C)OC(C(=O)O)c1c(-c2ccc3c(c2)CCCO3)nc(-c2ccco2)c2ccccc12. The highest BCUT2D eigenvalue weighted by atomic mass is 16.5. The van der Waals surface area contributed by atoms with Gasteiger partial charge in [0.15, 0.2) is 11.9 Å². The standard InChI is InChI=1S/C28H27NO5/c1-28(2,3)34-26(27(30)31)23-19-9-4-5-10-20(19)25(22-11-7-15-33-22)29-24(23)18-12-13-21-17(16-18)8-6-14-32-21/h4-5,7,9-13,15-16,26H,6,8,14H2,1-3H3,(H,30,31). The maximum atomic E-state index is 12.6. The van der Waals surface area contributed by atoms with Gasteiger partial charge in [-0.15, -0.1) is 0 Å².